The number of para-hydroxylation sites is 1. The highest BCUT2D eigenvalue weighted by molar-refractivity contribution is 7.93. The minimum absolute atomic E-state index is 0.0499. The van der Waals surface area contributed by atoms with Crippen molar-refractivity contribution in [3.63, 3.8) is 0 Å². The molecule has 1 N–H and O–H groups in total. The number of hydrogen-bond donors (Lipinski definition) is 1. The zero-order valence-electron chi connectivity index (χ0n) is 16.1. The van der Waals surface area contributed by atoms with Crippen molar-refractivity contribution in [2.24, 2.45) is 0 Å². The molecular weight excluding hydrogens is 438 g/mol. The zero-order valence-corrected chi connectivity index (χ0v) is 17.6. The number of fused-ring (bicyclic) bond motifs is 2. The normalized spacial score (nSPS) is 13.4. The van der Waals surface area contributed by atoms with Gasteiger partial charge in [-0.2, -0.15) is 0 Å². The third-order valence-electron chi connectivity index (χ3n) is 5.15. The van der Waals surface area contributed by atoms with Gasteiger partial charge in [-0.1, -0.05) is 35.9 Å². The minimum Gasteiger partial charge on any atom is -0.290 e. The number of nitrogens with one attached hydrogen (secondary N) is 1. The average molecular weight is 454 g/mol. The van der Waals surface area contributed by atoms with Gasteiger partial charge in [0.1, 0.15) is 4.90 Å². The first-order chi connectivity index (χ1) is 14.9. The number of rotatable bonds is 4. The molecule has 31 heavy (non-hydrogen) atoms. The molecule has 10 heteroatoms. The second-order valence-corrected chi connectivity index (χ2v) is 9.25. The van der Waals surface area contributed by atoms with Crippen molar-refractivity contribution in [3.05, 3.63) is 83.0 Å². The third-order valence-corrected chi connectivity index (χ3v) is 7.44. The van der Waals surface area contributed by atoms with Gasteiger partial charge in [-0.25, -0.2) is 8.42 Å². The Morgan fingerprint density at radius 2 is 1.84 bits per heavy atom. The number of amides is 1. The second kappa shape index (κ2) is 7.36. The lowest BCUT2D eigenvalue weighted by molar-refractivity contribution is 0.102. The molecule has 1 aliphatic rings. The summed E-state index contributed by atoms with van der Waals surface area (Å²) in [5.41, 5.74) is 2.30. The Balaban J connectivity index is 1.49. The van der Waals surface area contributed by atoms with E-state index in [9.17, 15) is 13.2 Å². The summed E-state index contributed by atoms with van der Waals surface area (Å²) in [5.74, 6) is -0.290. The van der Waals surface area contributed by atoms with Crippen LogP contribution in [0.25, 0.3) is 5.65 Å². The van der Waals surface area contributed by atoms with E-state index in [1.165, 1.54) is 22.5 Å². The van der Waals surface area contributed by atoms with E-state index in [2.05, 4.69) is 15.5 Å². The van der Waals surface area contributed by atoms with E-state index in [4.69, 9.17) is 11.6 Å². The number of anilines is 2. The molecule has 8 nitrogen and oxygen atoms in total. The van der Waals surface area contributed by atoms with E-state index >= 15 is 0 Å². The first kappa shape index (κ1) is 19.5. The van der Waals surface area contributed by atoms with Crippen LogP contribution in [0.5, 0.6) is 0 Å². The van der Waals surface area contributed by atoms with Crippen LogP contribution in [-0.2, 0) is 16.4 Å². The summed E-state index contributed by atoms with van der Waals surface area (Å²) in [6.45, 7) is 0.320. The molecular formula is C21H16ClN5O3S. The average Bonchev–Trinajstić information content (AvgIpc) is 3.39. The predicted octanol–water partition coefficient (Wildman–Crippen LogP) is 3.39. The third kappa shape index (κ3) is 3.31. The number of aromatic nitrogens is 3. The number of sulfonamides is 1. The molecule has 5 rings (SSSR count). The fourth-order valence-electron chi connectivity index (χ4n) is 3.62. The van der Waals surface area contributed by atoms with E-state index in [0.29, 0.717) is 24.3 Å². The van der Waals surface area contributed by atoms with Gasteiger partial charge in [0.05, 0.1) is 10.7 Å². The van der Waals surface area contributed by atoms with E-state index in [0.717, 1.165) is 5.56 Å². The highest BCUT2D eigenvalue weighted by Crippen LogP contribution is 2.35. The quantitative estimate of drug-likeness (QED) is 0.511. The molecule has 0 atom stereocenters. The highest BCUT2D eigenvalue weighted by atomic mass is 35.5. The van der Waals surface area contributed by atoms with Crippen LogP contribution < -0.4 is 9.62 Å². The van der Waals surface area contributed by atoms with Crippen molar-refractivity contribution in [2.75, 3.05) is 16.2 Å². The number of nitrogens with zero attached hydrogens (tertiary/aromatic N) is 4. The summed E-state index contributed by atoms with van der Waals surface area (Å²) in [4.78, 5) is 12.7. The summed E-state index contributed by atoms with van der Waals surface area (Å²) in [5, 5.41) is 10.7. The van der Waals surface area contributed by atoms with Crippen LogP contribution in [0, 0.1) is 0 Å². The molecule has 0 bridgehead atoms. The Bertz CT molecular complexity index is 1430. The number of carbonyl (C=O) groups is 1. The molecule has 3 heterocycles. The Morgan fingerprint density at radius 1 is 1.03 bits per heavy atom. The van der Waals surface area contributed by atoms with Crippen LogP contribution in [0.2, 0.25) is 5.02 Å². The number of carbonyl (C=O) groups excluding carboxylic acids is 1. The Kier molecular flexibility index (Phi) is 4.64. The monoisotopic (exact) mass is 453 g/mol. The Morgan fingerprint density at radius 3 is 2.71 bits per heavy atom. The molecule has 0 unspecified atom stereocenters. The maximum atomic E-state index is 13.4. The zero-order chi connectivity index (χ0) is 21.6. The molecule has 0 aliphatic carbocycles. The molecule has 2 aromatic heterocycles. The fourth-order valence-corrected chi connectivity index (χ4v) is 5.63. The topological polar surface area (TPSA) is 96.7 Å². The van der Waals surface area contributed by atoms with Crippen molar-refractivity contribution in [2.45, 2.75) is 11.3 Å². The van der Waals surface area contributed by atoms with Crippen molar-refractivity contribution in [1.29, 1.82) is 0 Å². The molecule has 156 valence electrons. The van der Waals surface area contributed by atoms with Gasteiger partial charge in [0, 0.05) is 18.3 Å². The van der Waals surface area contributed by atoms with E-state index < -0.39 is 15.9 Å². The minimum atomic E-state index is -3.95. The molecule has 0 fully saturated rings. The summed E-state index contributed by atoms with van der Waals surface area (Å²) in [7, 11) is -3.95. The summed E-state index contributed by atoms with van der Waals surface area (Å²) in [6.07, 6.45) is 2.33. The molecule has 2 aromatic carbocycles. The van der Waals surface area contributed by atoms with Gasteiger partial charge in [-0.05, 0) is 48.4 Å². The number of halogens is 1. The van der Waals surface area contributed by atoms with Gasteiger partial charge in [-0.3, -0.25) is 18.8 Å². The molecule has 1 aliphatic heterocycles. The van der Waals surface area contributed by atoms with Crippen molar-refractivity contribution in [1.82, 2.24) is 14.6 Å². The molecule has 0 spiro atoms. The predicted molar refractivity (Wildman–Crippen MR) is 117 cm³/mol. The lowest BCUT2D eigenvalue weighted by Crippen LogP contribution is -2.29. The van der Waals surface area contributed by atoms with Gasteiger partial charge in [0.2, 0.25) is 5.95 Å². The maximum Gasteiger partial charge on any atom is 0.265 e. The highest BCUT2D eigenvalue weighted by Gasteiger charge is 2.32. The van der Waals surface area contributed by atoms with Gasteiger partial charge in [0.15, 0.2) is 5.65 Å². The van der Waals surface area contributed by atoms with Gasteiger partial charge in [-0.15, -0.1) is 10.2 Å². The van der Waals surface area contributed by atoms with Gasteiger partial charge >= 0.3 is 0 Å². The molecule has 4 aromatic rings. The fraction of sp³-hybridized carbons (Fsp3) is 0.0952. The summed E-state index contributed by atoms with van der Waals surface area (Å²) in [6, 6.07) is 16.9. The largest absolute Gasteiger partial charge is 0.290 e. The van der Waals surface area contributed by atoms with Gasteiger partial charge in [0.25, 0.3) is 15.9 Å². The lowest BCUT2D eigenvalue weighted by Gasteiger charge is -2.20. The Hall–Kier alpha value is -3.43. The number of hydrogen-bond acceptors (Lipinski definition) is 5. The van der Waals surface area contributed by atoms with Gasteiger partial charge < -0.3 is 0 Å². The van der Waals surface area contributed by atoms with Crippen LogP contribution in [-0.4, -0.2) is 35.5 Å². The first-order valence-corrected chi connectivity index (χ1v) is 11.3. The first-order valence-electron chi connectivity index (χ1n) is 9.46. The van der Waals surface area contributed by atoms with Crippen molar-refractivity contribution in [3.8, 4) is 0 Å². The maximum absolute atomic E-state index is 13.4. The van der Waals surface area contributed by atoms with E-state index in [-0.39, 0.29) is 21.4 Å². The van der Waals surface area contributed by atoms with Crippen molar-refractivity contribution < 1.29 is 13.2 Å². The second-order valence-electron chi connectivity index (χ2n) is 7.01. The molecule has 0 radical (unpaired) electrons. The number of benzene rings is 2. The standard InChI is InChI=1S/C21H16ClN5O3S/c22-16-9-8-15(20(28)23-21-25-24-19-7-3-4-11-26(19)21)13-18(16)31(29,30)27-12-10-14-5-1-2-6-17(14)27/h1-9,11,13H,10,12H2,(H,23,25,28). The van der Waals surface area contributed by atoms with Crippen LogP contribution in [0.3, 0.4) is 0 Å². The molecule has 1 amide bonds. The molecule has 0 saturated carbocycles. The summed E-state index contributed by atoms with van der Waals surface area (Å²) < 4.78 is 29.7. The summed E-state index contributed by atoms with van der Waals surface area (Å²) >= 11 is 6.25. The van der Waals surface area contributed by atoms with Crippen LogP contribution in [0.15, 0.2) is 71.8 Å². The van der Waals surface area contributed by atoms with E-state index in [1.54, 1.807) is 34.9 Å². The van der Waals surface area contributed by atoms with E-state index in [1.807, 2.05) is 18.2 Å². The molecule has 0 saturated heterocycles. The lowest BCUT2D eigenvalue weighted by atomic mass is 10.2. The smallest absolute Gasteiger partial charge is 0.265 e. The number of pyridine rings is 1. The van der Waals surface area contributed by atoms with Crippen molar-refractivity contribution >= 4 is 44.8 Å². The SMILES string of the molecule is O=C(Nc1nnc2ccccn12)c1ccc(Cl)c(S(=O)(=O)N2CCc3ccccc32)c1. The van der Waals surface area contributed by atoms with Crippen LogP contribution in [0.1, 0.15) is 15.9 Å². The van der Waals surface area contributed by atoms with Crippen LogP contribution >= 0.6 is 11.6 Å². The van der Waals surface area contributed by atoms with Crippen LogP contribution in [0.4, 0.5) is 11.6 Å². The Labute approximate surface area is 183 Å².